The highest BCUT2D eigenvalue weighted by Crippen LogP contribution is 2.44. The van der Waals surface area contributed by atoms with Crippen molar-refractivity contribution in [2.75, 3.05) is 20.3 Å². The van der Waals surface area contributed by atoms with Crippen molar-refractivity contribution in [3.05, 3.63) is 47.7 Å². The van der Waals surface area contributed by atoms with Crippen molar-refractivity contribution in [3.63, 3.8) is 0 Å². The zero-order valence-electron chi connectivity index (χ0n) is 15.5. The number of carbonyl (C=O) groups is 1. The Bertz CT molecular complexity index is 831. The van der Waals surface area contributed by atoms with Gasteiger partial charge in [-0.25, -0.2) is 4.98 Å². The molecule has 0 saturated heterocycles. The first-order chi connectivity index (χ1) is 13.2. The molecule has 0 radical (unpaired) electrons. The van der Waals surface area contributed by atoms with Gasteiger partial charge in [0.25, 0.3) is 0 Å². The molecule has 2 heterocycles. The Morgan fingerprint density at radius 3 is 2.70 bits per heavy atom. The average Bonchev–Trinajstić information content (AvgIpc) is 3.23. The lowest BCUT2D eigenvalue weighted by molar-refractivity contribution is -0.126. The van der Waals surface area contributed by atoms with E-state index in [0.29, 0.717) is 25.6 Å². The minimum atomic E-state index is -0.507. The highest BCUT2D eigenvalue weighted by molar-refractivity contribution is 5.88. The largest absolute Gasteiger partial charge is 0.486 e. The molecule has 6 nitrogen and oxygen atoms in total. The lowest BCUT2D eigenvalue weighted by Gasteiger charge is -2.30. The second-order valence-corrected chi connectivity index (χ2v) is 7.04. The predicted molar refractivity (Wildman–Crippen MR) is 100 cm³/mol. The van der Waals surface area contributed by atoms with Gasteiger partial charge in [-0.2, -0.15) is 0 Å². The molecular weight excluding hydrogens is 344 g/mol. The summed E-state index contributed by atoms with van der Waals surface area (Å²) >= 11 is 0. The van der Waals surface area contributed by atoms with E-state index in [0.717, 1.165) is 48.3 Å². The van der Waals surface area contributed by atoms with E-state index in [1.54, 1.807) is 13.3 Å². The van der Waals surface area contributed by atoms with Gasteiger partial charge in [0.2, 0.25) is 11.8 Å². The summed E-state index contributed by atoms with van der Waals surface area (Å²) in [6, 6.07) is 9.63. The molecule has 0 bridgehead atoms. The minimum Gasteiger partial charge on any atom is -0.486 e. The first-order valence-corrected chi connectivity index (χ1v) is 9.39. The molecule has 27 heavy (non-hydrogen) atoms. The minimum absolute atomic E-state index is 0.0625. The van der Waals surface area contributed by atoms with Crippen molar-refractivity contribution in [1.82, 2.24) is 10.3 Å². The molecular formula is C21H24N2O4. The van der Waals surface area contributed by atoms with E-state index in [-0.39, 0.29) is 5.91 Å². The number of fused-ring (bicyclic) bond motifs is 1. The van der Waals surface area contributed by atoms with Crippen LogP contribution in [-0.4, -0.2) is 31.2 Å². The number of nitrogens with one attached hydrogen (secondary N) is 1. The lowest BCUT2D eigenvalue weighted by Crippen LogP contribution is -2.42. The maximum absolute atomic E-state index is 13.2. The monoisotopic (exact) mass is 368 g/mol. The van der Waals surface area contributed by atoms with Gasteiger partial charge in [-0.05, 0) is 42.2 Å². The zero-order valence-corrected chi connectivity index (χ0v) is 15.5. The average molecular weight is 368 g/mol. The molecule has 6 heteroatoms. The van der Waals surface area contributed by atoms with Crippen LogP contribution in [0.1, 0.15) is 36.8 Å². The molecule has 1 fully saturated rings. The summed E-state index contributed by atoms with van der Waals surface area (Å²) in [4.78, 5) is 17.3. The van der Waals surface area contributed by atoms with E-state index in [1.807, 2.05) is 30.3 Å². The van der Waals surface area contributed by atoms with Crippen molar-refractivity contribution in [3.8, 4) is 17.4 Å². The van der Waals surface area contributed by atoms with Crippen LogP contribution >= 0.6 is 0 Å². The number of aromatic nitrogens is 1. The van der Waals surface area contributed by atoms with Crippen LogP contribution < -0.4 is 19.5 Å². The standard InChI is InChI=1S/C21H24N2O4/c1-25-19-12-15(6-9-22-19)14-23-20(24)21(7-2-3-8-21)16-4-5-17-18(13-16)27-11-10-26-17/h4-6,9,12-13H,2-3,7-8,10-11,14H2,1H3,(H,23,24). The number of rotatable bonds is 5. The molecule has 1 aromatic carbocycles. The van der Waals surface area contributed by atoms with Gasteiger partial charge in [-0.3, -0.25) is 4.79 Å². The molecule has 1 N–H and O–H groups in total. The third-order valence-corrected chi connectivity index (χ3v) is 5.45. The fourth-order valence-corrected chi connectivity index (χ4v) is 3.99. The Balaban J connectivity index is 1.55. The van der Waals surface area contributed by atoms with Crippen LogP contribution in [0.2, 0.25) is 0 Å². The summed E-state index contributed by atoms with van der Waals surface area (Å²) in [7, 11) is 1.58. The highest BCUT2D eigenvalue weighted by atomic mass is 16.6. The Morgan fingerprint density at radius 1 is 1.15 bits per heavy atom. The van der Waals surface area contributed by atoms with Gasteiger partial charge in [0, 0.05) is 18.8 Å². The number of benzene rings is 1. The van der Waals surface area contributed by atoms with Crippen molar-refractivity contribution in [2.24, 2.45) is 0 Å². The van der Waals surface area contributed by atoms with Gasteiger partial charge in [0.1, 0.15) is 13.2 Å². The fourth-order valence-electron chi connectivity index (χ4n) is 3.99. The second kappa shape index (κ2) is 7.47. The maximum atomic E-state index is 13.2. The first kappa shape index (κ1) is 17.6. The molecule has 1 saturated carbocycles. The van der Waals surface area contributed by atoms with Gasteiger partial charge in [-0.15, -0.1) is 0 Å². The zero-order chi connectivity index (χ0) is 18.7. The molecule has 1 aromatic heterocycles. The molecule has 142 valence electrons. The molecule has 1 aliphatic carbocycles. The number of methoxy groups -OCH3 is 1. The maximum Gasteiger partial charge on any atom is 0.230 e. The van der Waals surface area contributed by atoms with Crippen LogP contribution in [0.15, 0.2) is 36.5 Å². The Labute approximate surface area is 158 Å². The molecule has 1 aliphatic heterocycles. The molecule has 0 unspecified atom stereocenters. The molecule has 0 spiro atoms. The van der Waals surface area contributed by atoms with Crippen LogP contribution in [0.25, 0.3) is 0 Å². The summed E-state index contributed by atoms with van der Waals surface area (Å²) in [6.45, 7) is 1.55. The highest BCUT2D eigenvalue weighted by Gasteiger charge is 2.43. The van der Waals surface area contributed by atoms with E-state index in [9.17, 15) is 4.79 Å². The Hall–Kier alpha value is -2.76. The summed E-state index contributed by atoms with van der Waals surface area (Å²) in [5.74, 6) is 2.09. The second-order valence-electron chi connectivity index (χ2n) is 7.04. The molecule has 2 aliphatic rings. The van der Waals surface area contributed by atoms with Crippen LogP contribution in [0.3, 0.4) is 0 Å². The van der Waals surface area contributed by atoms with Gasteiger partial charge in [0.15, 0.2) is 11.5 Å². The smallest absolute Gasteiger partial charge is 0.230 e. The van der Waals surface area contributed by atoms with E-state index in [1.165, 1.54) is 0 Å². The summed E-state index contributed by atoms with van der Waals surface area (Å²) in [5, 5.41) is 3.12. The van der Waals surface area contributed by atoms with Gasteiger partial charge >= 0.3 is 0 Å². The van der Waals surface area contributed by atoms with E-state index in [4.69, 9.17) is 14.2 Å². The predicted octanol–water partition coefficient (Wildman–Crippen LogP) is 2.99. The number of nitrogens with zero attached hydrogens (tertiary/aromatic N) is 1. The molecule has 2 aromatic rings. The van der Waals surface area contributed by atoms with Gasteiger partial charge in [-0.1, -0.05) is 18.9 Å². The summed E-state index contributed by atoms with van der Waals surface area (Å²) < 4.78 is 16.5. The molecule has 1 amide bonds. The van der Waals surface area contributed by atoms with Gasteiger partial charge < -0.3 is 19.5 Å². The van der Waals surface area contributed by atoms with E-state index in [2.05, 4.69) is 10.3 Å². The van der Waals surface area contributed by atoms with Crippen LogP contribution in [-0.2, 0) is 16.8 Å². The first-order valence-electron chi connectivity index (χ1n) is 9.39. The van der Waals surface area contributed by atoms with Crippen LogP contribution in [0, 0.1) is 0 Å². The van der Waals surface area contributed by atoms with E-state index < -0.39 is 5.41 Å². The normalized spacial score (nSPS) is 17.4. The van der Waals surface area contributed by atoms with Crippen molar-refractivity contribution >= 4 is 5.91 Å². The van der Waals surface area contributed by atoms with E-state index >= 15 is 0 Å². The number of hydrogen-bond acceptors (Lipinski definition) is 5. The van der Waals surface area contributed by atoms with Crippen molar-refractivity contribution in [1.29, 1.82) is 0 Å². The topological polar surface area (TPSA) is 69.7 Å². The summed E-state index contributed by atoms with van der Waals surface area (Å²) in [5.41, 5.74) is 1.46. The number of ether oxygens (including phenoxy) is 3. The Kier molecular flexibility index (Phi) is 4.88. The molecule has 4 rings (SSSR count). The van der Waals surface area contributed by atoms with Crippen molar-refractivity contribution < 1.29 is 19.0 Å². The number of pyridine rings is 1. The fraction of sp³-hybridized carbons (Fsp3) is 0.429. The van der Waals surface area contributed by atoms with Crippen molar-refractivity contribution in [2.45, 2.75) is 37.6 Å². The SMILES string of the molecule is COc1cc(CNC(=O)C2(c3ccc4c(c3)OCCO4)CCCC2)ccn1. The van der Waals surface area contributed by atoms with Crippen LogP contribution in [0.4, 0.5) is 0 Å². The summed E-state index contributed by atoms with van der Waals surface area (Å²) in [6.07, 6.45) is 5.47. The third kappa shape index (κ3) is 3.44. The Morgan fingerprint density at radius 2 is 1.93 bits per heavy atom. The number of hydrogen-bond donors (Lipinski definition) is 1. The van der Waals surface area contributed by atoms with Crippen LogP contribution in [0.5, 0.6) is 17.4 Å². The molecule has 0 atom stereocenters. The quantitative estimate of drug-likeness (QED) is 0.879. The third-order valence-electron chi connectivity index (χ3n) is 5.45. The lowest BCUT2D eigenvalue weighted by atomic mass is 9.77. The number of carbonyl (C=O) groups excluding carboxylic acids is 1. The van der Waals surface area contributed by atoms with Gasteiger partial charge in [0.05, 0.1) is 12.5 Å². The number of amides is 1.